The van der Waals surface area contributed by atoms with E-state index in [-0.39, 0.29) is 17.3 Å². The molecule has 2 atom stereocenters. The van der Waals surface area contributed by atoms with Crippen LogP contribution in [0.4, 0.5) is 0 Å². The van der Waals surface area contributed by atoms with E-state index in [0.717, 1.165) is 16.0 Å². The van der Waals surface area contributed by atoms with Gasteiger partial charge in [-0.2, -0.15) is 0 Å². The summed E-state index contributed by atoms with van der Waals surface area (Å²) in [4.78, 5) is 22.0. The molecule has 1 aromatic carbocycles. The van der Waals surface area contributed by atoms with Gasteiger partial charge in [0.15, 0.2) is 0 Å². The monoisotopic (exact) mass is 309 g/mol. The molecule has 0 fully saturated rings. The first-order chi connectivity index (χ1) is 9.90. The maximum absolute atomic E-state index is 11.0. The minimum absolute atomic E-state index is 0.0805. The third kappa shape index (κ3) is 3.38. The van der Waals surface area contributed by atoms with Crippen molar-refractivity contribution in [2.24, 2.45) is 0 Å². The zero-order valence-corrected chi connectivity index (χ0v) is 12.1. The van der Waals surface area contributed by atoms with Gasteiger partial charge >= 0.3 is 5.97 Å². The fraction of sp³-hybridized carbons (Fsp3) is 0.286. The van der Waals surface area contributed by atoms with Crippen LogP contribution < -0.4 is 5.32 Å². The topological polar surface area (TPSA) is 107 Å². The van der Waals surface area contributed by atoms with Crippen LogP contribution >= 0.6 is 11.3 Å². The Morgan fingerprint density at radius 3 is 2.67 bits per heavy atom. The summed E-state index contributed by atoms with van der Waals surface area (Å²) in [6.07, 6.45) is -2.38. The molecule has 1 aromatic heterocycles. The minimum Gasteiger partial charge on any atom is -0.477 e. The number of rotatable bonds is 5. The van der Waals surface area contributed by atoms with E-state index in [1.165, 1.54) is 13.0 Å². The Hall–Kier alpha value is -1.96. The Balaban J connectivity index is 2.32. The number of thiophene rings is 1. The summed E-state index contributed by atoms with van der Waals surface area (Å²) in [5, 5.41) is 32.2. The number of carboxylic acids is 1. The number of benzene rings is 1. The molecular formula is C14H15NO5S. The molecular weight excluding hydrogens is 294 g/mol. The van der Waals surface area contributed by atoms with Crippen LogP contribution in [0.25, 0.3) is 10.1 Å². The largest absolute Gasteiger partial charge is 0.477 e. The lowest BCUT2D eigenvalue weighted by atomic mass is 10.0. The van der Waals surface area contributed by atoms with Crippen molar-refractivity contribution in [1.29, 1.82) is 0 Å². The SMILES string of the molecule is CC(=O)NCC(O)C(O)c1cccc2sc(C(=O)O)cc12. The predicted octanol–water partition coefficient (Wildman–Crippen LogP) is 1.13. The van der Waals surface area contributed by atoms with Crippen molar-refractivity contribution in [3.05, 3.63) is 34.7 Å². The summed E-state index contributed by atoms with van der Waals surface area (Å²) in [6, 6.07) is 6.55. The maximum atomic E-state index is 11.0. The van der Waals surface area contributed by atoms with Crippen LogP contribution in [0.2, 0.25) is 0 Å². The van der Waals surface area contributed by atoms with E-state index in [1.807, 2.05) is 0 Å². The summed E-state index contributed by atoms with van der Waals surface area (Å²) < 4.78 is 0.718. The highest BCUT2D eigenvalue weighted by Gasteiger charge is 2.22. The molecule has 0 bridgehead atoms. The van der Waals surface area contributed by atoms with Gasteiger partial charge < -0.3 is 20.6 Å². The Kier molecular flexibility index (Phi) is 4.56. The van der Waals surface area contributed by atoms with E-state index in [4.69, 9.17) is 5.11 Å². The molecule has 0 radical (unpaired) electrons. The Bertz CT molecular complexity index is 681. The highest BCUT2D eigenvalue weighted by molar-refractivity contribution is 7.20. The van der Waals surface area contributed by atoms with Gasteiger partial charge in [-0.1, -0.05) is 12.1 Å². The van der Waals surface area contributed by atoms with Gasteiger partial charge in [-0.3, -0.25) is 4.79 Å². The Labute approximate surface area is 124 Å². The average molecular weight is 309 g/mol. The third-order valence-electron chi connectivity index (χ3n) is 3.05. The Morgan fingerprint density at radius 1 is 1.33 bits per heavy atom. The first kappa shape index (κ1) is 15.4. The van der Waals surface area contributed by atoms with Crippen LogP contribution in [0.1, 0.15) is 28.3 Å². The first-order valence-corrected chi connectivity index (χ1v) is 7.08. The van der Waals surface area contributed by atoms with Gasteiger partial charge in [0.2, 0.25) is 5.91 Å². The molecule has 0 aliphatic carbocycles. The normalized spacial score (nSPS) is 13.9. The average Bonchev–Trinajstić information content (AvgIpc) is 2.87. The van der Waals surface area contributed by atoms with Crippen LogP contribution in [0.5, 0.6) is 0 Å². The molecule has 6 nitrogen and oxygen atoms in total. The quantitative estimate of drug-likeness (QED) is 0.662. The number of amides is 1. The van der Waals surface area contributed by atoms with E-state index >= 15 is 0 Å². The fourth-order valence-electron chi connectivity index (χ4n) is 2.01. The molecule has 0 saturated carbocycles. The molecule has 21 heavy (non-hydrogen) atoms. The zero-order chi connectivity index (χ0) is 15.6. The summed E-state index contributed by atoms with van der Waals surface area (Å²) in [6.45, 7) is 1.24. The van der Waals surface area contributed by atoms with E-state index in [2.05, 4.69) is 5.32 Å². The number of carboxylic acid groups (broad SMARTS) is 1. The number of carbonyl (C=O) groups excluding carboxylic acids is 1. The lowest BCUT2D eigenvalue weighted by molar-refractivity contribution is -0.119. The van der Waals surface area contributed by atoms with Crippen molar-refractivity contribution in [2.45, 2.75) is 19.1 Å². The van der Waals surface area contributed by atoms with Gasteiger partial charge in [0, 0.05) is 18.2 Å². The van der Waals surface area contributed by atoms with E-state index in [9.17, 15) is 19.8 Å². The summed E-state index contributed by atoms with van der Waals surface area (Å²) in [7, 11) is 0. The third-order valence-corrected chi connectivity index (χ3v) is 4.14. The summed E-state index contributed by atoms with van der Waals surface area (Å²) >= 11 is 1.10. The van der Waals surface area contributed by atoms with Crippen LogP contribution in [0, 0.1) is 0 Å². The molecule has 2 unspecified atom stereocenters. The molecule has 1 heterocycles. The van der Waals surface area contributed by atoms with E-state index < -0.39 is 18.2 Å². The van der Waals surface area contributed by atoms with Crippen LogP contribution in [-0.2, 0) is 4.79 Å². The minimum atomic E-state index is -1.21. The number of hydrogen-bond acceptors (Lipinski definition) is 5. The molecule has 112 valence electrons. The van der Waals surface area contributed by atoms with Gasteiger partial charge in [0.1, 0.15) is 17.1 Å². The molecule has 0 aliphatic rings. The molecule has 2 rings (SSSR count). The number of aliphatic hydroxyl groups excluding tert-OH is 2. The number of hydrogen-bond donors (Lipinski definition) is 4. The highest BCUT2D eigenvalue weighted by atomic mass is 32.1. The van der Waals surface area contributed by atoms with Gasteiger partial charge in [0.25, 0.3) is 0 Å². The number of aliphatic hydroxyl groups is 2. The molecule has 7 heteroatoms. The molecule has 1 amide bonds. The smallest absolute Gasteiger partial charge is 0.345 e. The van der Waals surface area contributed by atoms with Crippen molar-refractivity contribution >= 4 is 33.3 Å². The van der Waals surface area contributed by atoms with Crippen LogP contribution in [0.15, 0.2) is 24.3 Å². The van der Waals surface area contributed by atoms with Crippen molar-refractivity contribution in [3.63, 3.8) is 0 Å². The molecule has 0 aliphatic heterocycles. The molecule has 4 N–H and O–H groups in total. The second-order valence-electron chi connectivity index (χ2n) is 4.62. The molecule has 0 spiro atoms. The number of nitrogens with one attached hydrogen (secondary N) is 1. The standard InChI is InChI=1S/C14H15NO5S/c1-7(16)15-6-10(17)13(18)8-3-2-4-11-9(8)5-12(21-11)14(19)20/h2-5,10,13,17-18H,6H2,1H3,(H,15,16)(H,19,20). The lowest BCUT2D eigenvalue weighted by Crippen LogP contribution is -2.34. The van der Waals surface area contributed by atoms with Gasteiger partial charge in [0.05, 0.1) is 0 Å². The molecule has 2 aromatic rings. The van der Waals surface area contributed by atoms with E-state index in [0.29, 0.717) is 10.9 Å². The van der Waals surface area contributed by atoms with Crippen molar-refractivity contribution in [1.82, 2.24) is 5.32 Å². The lowest BCUT2D eigenvalue weighted by Gasteiger charge is -2.19. The van der Waals surface area contributed by atoms with Gasteiger partial charge in [-0.15, -0.1) is 11.3 Å². The van der Waals surface area contributed by atoms with Crippen LogP contribution in [-0.4, -0.2) is 39.8 Å². The molecule has 0 saturated heterocycles. The van der Waals surface area contributed by atoms with E-state index in [1.54, 1.807) is 18.2 Å². The highest BCUT2D eigenvalue weighted by Crippen LogP contribution is 2.32. The summed E-state index contributed by atoms with van der Waals surface area (Å²) in [5.41, 5.74) is 0.439. The zero-order valence-electron chi connectivity index (χ0n) is 11.2. The van der Waals surface area contributed by atoms with Crippen molar-refractivity contribution in [2.75, 3.05) is 6.54 Å². The van der Waals surface area contributed by atoms with Crippen molar-refractivity contribution in [3.8, 4) is 0 Å². The number of aromatic carboxylic acids is 1. The summed E-state index contributed by atoms with van der Waals surface area (Å²) in [5.74, 6) is -1.33. The fourth-order valence-corrected chi connectivity index (χ4v) is 2.95. The van der Waals surface area contributed by atoms with Gasteiger partial charge in [-0.05, 0) is 23.1 Å². The number of carbonyl (C=O) groups is 2. The van der Waals surface area contributed by atoms with Crippen LogP contribution in [0.3, 0.4) is 0 Å². The van der Waals surface area contributed by atoms with Gasteiger partial charge in [-0.25, -0.2) is 4.79 Å². The number of fused-ring (bicyclic) bond motifs is 1. The second-order valence-corrected chi connectivity index (χ2v) is 5.71. The maximum Gasteiger partial charge on any atom is 0.345 e. The first-order valence-electron chi connectivity index (χ1n) is 6.26. The Morgan fingerprint density at radius 2 is 2.05 bits per heavy atom. The predicted molar refractivity (Wildman–Crippen MR) is 78.4 cm³/mol. The van der Waals surface area contributed by atoms with Crippen molar-refractivity contribution < 1.29 is 24.9 Å². The second kappa shape index (κ2) is 6.21.